The summed E-state index contributed by atoms with van der Waals surface area (Å²) >= 11 is 0. The van der Waals surface area contributed by atoms with E-state index < -0.39 is 6.10 Å². The first-order chi connectivity index (χ1) is 10.6. The van der Waals surface area contributed by atoms with Gasteiger partial charge in [-0.2, -0.15) is 0 Å². The molecule has 5 heteroatoms. The molecule has 3 N–H and O–H groups in total. The normalized spacial score (nSPS) is 13.2. The van der Waals surface area contributed by atoms with E-state index in [9.17, 15) is 5.11 Å². The maximum absolute atomic E-state index is 10.4. The highest BCUT2D eigenvalue weighted by Gasteiger charge is 2.16. The lowest BCUT2D eigenvalue weighted by molar-refractivity contribution is 0.0777. The molecule has 122 valence electrons. The predicted molar refractivity (Wildman–Crippen MR) is 88.0 cm³/mol. The quantitative estimate of drug-likeness (QED) is 0.678. The molecule has 1 aromatic carbocycles. The van der Waals surface area contributed by atoms with E-state index in [0.29, 0.717) is 26.2 Å². The highest BCUT2D eigenvalue weighted by atomic mass is 16.3. The summed E-state index contributed by atoms with van der Waals surface area (Å²) in [6.45, 7) is 6.09. The summed E-state index contributed by atoms with van der Waals surface area (Å²) in [6, 6.07) is 8.21. The summed E-state index contributed by atoms with van der Waals surface area (Å²) in [5, 5.41) is 29.7. The third-order valence-corrected chi connectivity index (χ3v) is 4.24. The Labute approximate surface area is 131 Å². The van der Waals surface area contributed by atoms with Gasteiger partial charge >= 0.3 is 0 Å². The minimum atomic E-state index is -0.549. The van der Waals surface area contributed by atoms with Crippen LogP contribution in [0, 0.1) is 13.8 Å². The molecule has 0 aliphatic rings. The molecule has 2 aromatic rings. The number of benzene rings is 1. The summed E-state index contributed by atoms with van der Waals surface area (Å²) in [5.41, 5.74) is 3.54. The second-order valence-corrected chi connectivity index (χ2v) is 5.74. The van der Waals surface area contributed by atoms with Gasteiger partial charge in [0.15, 0.2) is 0 Å². The second-order valence-electron chi connectivity index (χ2n) is 5.74. The number of aliphatic hydroxyl groups is 3. The van der Waals surface area contributed by atoms with Gasteiger partial charge in [0.25, 0.3) is 0 Å². The van der Waals surface area contributed by atoms with Crippen LogP contribution < -0.4 is 0 Å². The summed E-state index contributed by atoms with van der Waals surface area (Å²) in [5.74, 6) is 0. The van der Waals surface area contributed by atoms with Crippen LogP contribution in [0.4, 0.5) is 0 Å². The van der Waals surface area contributed by atoms with Crippen LogP contribution in [0.5, 0.6) is 0 Å². The smallest absolute Gasteiger partial charge is 0.0845 e. The molecule has 1 aromatic heterocycles. The van der Waals surface area contributed by atoms with Gasteiger partial charge < -0.3 is 19.9 Å². The fraction of sp³-hybridized carbons (Fsp3) is 0.529. The van der Waals surface area contributed by atoms with E-state index in [0.717, 1.165) is 11.2 Å². The fourth-order valence-corrected chi connectivity index (χ4v) is 2.98. The SMILES string of the molecule is Cc1c(C)n(C[C@@H](O)CN(CCO)CCO)c2ccccc12. The van der Waals surface area contributed by atoms with Crippen molar-refractivity contribution in [3.05, 3.63) is 35.5 Å². The Morgan fingerprint density at radius 1 is 1.09 bits per heavy atom. The maximum atomic E-state index is 10.4. The second kappa shape index (κ2) is 7.74. The molecule has 0 aliphatic carbocycles. The van der Waals surface area contributed by atoms with E-state index in [2.05, 4.69) is 30.5 Å². The summed E-state index contributed by atoms with van der Waals surface area (Å²) in [4.78, 5) is 1.87. The maximum Gasteiger partial charge on any atom is 0.0845 e. The Morgan fingerprint density at radius 2 is 1.73 bits per heavy atom. The summed E-state index contributed by atoms with van der Waals surface area (Å²) < 4.78 is 2.14. The molecule has 0 amide bonds. The average Bonchev–Trinajstić information content (AvgIpc) is 2.73. The van der Waals surface area contributed by atoms with Crippen LogP contribution in [-0.4, -0.2) is 63.7 Å². The van der Waals surface area contributed by atoms with E-state index in [-0.39, 0.29) is 13.2 Å². The Hall–Kier alpha value is -1.40. The number of hydrogen-bond donors (Lipinski definition) is 3. The van der Waals surface area contributed by atoms with Crippen molar-refractivity contribution in [1.29, 1.82) is 0 Å². The summed E-state index contributed by atoms with van der Waals surface area (Å²) in [7, 11) is 0. The lowest BCUT2D eigenvalue weighted by Crippen LogP contribution is -2.38. The van der Waals surface area contributed by atoms with E-state index in [4.69, 9.17) is 10.2 Å². The monoisotopic (exact) mass is 306 g/mol. The minimum absolute atomic E-state index is 0.0251. The Bertz CT molecular complexity index is 603. The highest BCUT2D eigenvalue weighted by molar-refractivity contribution is 5.85. The Kier molecular flexibility index (Phi) is 5.97. The predicted octanol–water partition coefficient (Wildman–Crippen LogP) is 0.906. The molecule has 5 nitrogen and oxygen atoms in total. The van der Waals surface area contributed by atoms with E-state index >= 15 is 0 Å². The van der Waals surface area contributed by atoms with E-state index in [1.807, 2.05) is 17.0 Å². The largest absolute Gasteiger partial charge is 0.395 e. The number of fused-ring (bicyclic) bond motifs is 1. The number of aryl methyl sites for hydroxylation is 1. The van der Waals surface area contributed by atoms with Crippen LogP contribution in [0.1, 0.15) is 11.3 Å². The van der Waals surface area contributed by atoms with Crippen molar-refractivity contribution in [3.63, 3.8) is 0 Å². The third kappa shape index (κ3) is 3.67. The van der Waals surface area contributed by atoms with Crippen LogP contribution in [-0.2, 0) is 6.54 Å². The molecule has 0 fully saturated rings. The molecule has 0 bridgehead atoms. The zero-order valence-corrected chi connectivity index (χ0v) is 13.4. The fourth-order valence-electron chi connectivity index (χ4n) is 2.98. The van der Waals surface area contributed by atoms with E-state index in [1.165, 1.54) is 10.9 Å². The number of rotatable bonds is 8. The lowest BCUT2D eigenvalue weighted by atomic mass is 10.2. The molecule has 2 rings (SSSR count). The first kappa shape index (κ1) is 17.0. The molecule has 0 radical (unpaired) electrons. The van der Waals surface area contributed by atoms with Gasteiger partial charge in [-0.1, -0.05) is 18.2 Å². The number of aliphatic hydroxyl groups excluding tert-OH is 3. The Balaban J connectivity index is 2.14. The topological polar surface area (TPSA) is 68.9 Å². The van der Waals surface area contributed by atoms with Gasteiger partial charge in [-0.25, -0.2) is 0 Å². The van der Waals surface area contributed by atoms with Crippen molar-refractivity contribution < 1.29 is 15.3 Å². The molecule has 0 saturated carbocycles. The molecule has 0 unspecified atom stereocenters. The lowest BCUT2D eigenvalue weighted by Gasteiger charge is -2.24. The zero-order valence-electron chi connectivity index (χ0n) is 13.4. The molecule has 1 atom stereocenters. The highest BCUT2D eigenvalue weighted by Crippen LogP contribution is 2.25. The zero-order chi connectivity index (χ0) is 16.1. The van der Waals surface area contributed by atoms with Crippen molar-refractivity contribution in [3.8, 4) is 0 Å². The van der Waals surface area contributed by atoms with Gasteiger partial charge in [0.05, 0.1) is 25.9 Å². The van der Waals surface area contributed by atoms with Gasteiger partial charge in [-0.15, -0.1) is 0 Å². The standard InChI is InChI=1S/C17H26N2O3/c1-13-14(2)19(17-6-4-3-5-16(13)17)12-15(22)11-18(7-9-20)8-10-21/h3-6,15,20-22H,7-12H2,1-2H3/t15-/m0/s1. The van der Waals surface area contributed by atoms with Gasteiger partial charge in [-0.3, -0.25) is 4.90 Å². The molecule has 0 spiro atoms. The molecule has 22 heavy (non-hydrogen) atoms. The van der Waals surface area contributed by atoms with Crippen molar-refractivity contribution >= 4 is 10.9 Å². The van der Waals surface area contributed by atoms with Crippen LogP contribution in [0.3, 0.4) is 0 Å². The third-order valence-electron chi connectivity index (χ3n) is 4.24. The first-order valence-electron chi connectivity index (χ1n) is 7.75. The summed E-state index contributed by atoms with van der Waals surface area (Å²) in [6.07, 6.45) is -0.549. The van der Waals surface area contributed by atoms with E-state index in [1.54, 1.807) is 0 Å². The molecular weight excluding hydrogens is 280 g/mol. The van der Waals surface area contributed by atoms with Gasteiger partial charge in [0, 0.05) is 36.2 Å². The number of para-hydroxylation sites is 1. The molecule has 0 aliphatic heterocycles. The van der Waals surface area contributed by atoms with Crippen LogP contribution >= 0.6 is 0 Å². The Morgan fingerprint density at radius 3 is 2.36 bits per heavy atom. The van der Waals surface area contributed by atoms with Crippen LogP contribution in [0.15, 0.2) is 24.3 Å². The van der Waals surface area contributed by atoms with Crippen LogP contribution in [0.2, 0.25) is 0 Å². The van der Waals surface area contributed by atoms with Crippen LogP contribution in [0.25, 0.3) is 10.9 Å². The van der Waals surface area contributed by atoms with Gasteiger partial charge in [-0.05, 0) is 25.5 Å². The number of hydrogen-bond acceptors (Lipinski definition) is 4. The van der Waals surface area contributed by atoms with Crippen molar-refractivity contribution in [2.75, 3.05) is 32.8 Å². The first-order valence-corrected chi connectivity index (χ1v) is 7.75. The van der Waals surface area contributed by atoms with Crippen molar-refractivity contribution in [1.82, 2.24) is 9.47 Å². The number of aromatic nitrogens is 1. The number of nitrogens with zero attached hydrogens (tertiary/aromatic N) is 2. The average molecular weight is 306 g/mol. The van der Waals surface area contributed by atoms with Crippen molar-refractivity contribution in [2.24, 2.45) is 0 Å². The van der Waals surface area contributed by atoms with Gasteiger partial charge in [0.2, 0.25) is 0 Å². The molecular formula is C17H26N2O3. The molecule has 0 saturated heterocycles. The van der Waals surface area contributed by atoms with Gasteiger partial charge in [0.1, 0.15) is 0 Å². The molecule has 1 heterocycles. The minimum Gasteiger partial charge on any atom is -0.395 e. The van der Waals surface area contributed by atoms with Crippen molar-refractivity contribution in [2.45, 2.75) is 26.5 Å².